The lowest BCUT2D eigenvalue weighted by Crippen LogP contribution is -2.48. The average molecular weight is 246 g/mol. The highest BCUT2D eigenvalue weighted by Gasteiger charge is 2.28. The second-order valence-corrected chi connectivity index (χ2v) is 5.02. The second kappa shape index (κ2) is 4.87. The number of morpholine rings is 1. The molecule has 1 fully saturated rings. The van der Waals surface area contributed by atoms with Crippen LogP contribution in [0.2, 0.25) is 0 Å². The predicted octanol–water partition coefficient (Wildman–Crippen LogP) is 2.18. The minimum atomic E-state index is -0.186. The number of methoxy groups -OCH3 is 1. The summed E-state index contributed by atoms with van der Waals surface area (Å²) in [5, 5.41) is 9.19. The smallest absolute Gasteiger partial charge is 0.121 e. The Kier molecular flexibility index (Phi) is 3.44. The van der Waals surface area contributed by atoms with E-state index in [9.17, 15) is 5.26 Å². The lowest BCUT2D eigenvalue weighted by Gasteiger charge is -2.39. The molecule has 2 rings (SSSR count). The molecular formula is C14H18N2O2. The monoisotopic (exact) mass is 246 g/mol. The summed E-state index contributed by atoms with van der Waals surface area (Å²) in [6.45, 7) is 6.37. The van der Waals surface area contributed by atoms with Gasteiger partial charge in [0.15, 0.2) is 0 Å². The van der Waals surface area contributed by atoms with Crippen LogP contribution in [0.4, 0.5) is 5.69 Å². The van der Waals surface area contributed by atoms with E-state index in [1.165, 1.54) is 0 Å². The van der Waals surface area contributed by atoms with Gasteiger partial charge >= 0.3 is 0 Å². The van der Waals surface area contributed by atoms with Gasteiger partial charge in [-0.15, -0.1) is 0 Å². The predicted molar refractivity (Wildman–Crippen MR) is 70.0 cm³/mol. The standard InChI is InChI=1S/C14H18N2O2/c1-14(2)10-16(6-7-18-14)13-8-12(17-3)5-4-11(13)9-15/h4-5,8H,6-7,10H2,1-3H3. The van der Waals surface area contributed by atoms with E-state index in [0.29, 0.717) is 12.2 Å². The van der Waals surface area contributed by atoms with Crippen molar-refractivity contribution in [3.05, 3.63) is 23.8 Å². The Morgan fingerprint density at radius 2 is 2.22 bits per heavy atom. The molecule has 0 aliphatic carbocycles. The average Bonchev–Trinajstić information content (AvgIpc) is 2.36. The number of hydrogen-bond donors (Lipinski definition) is 0. The van der Waals surface area contributed by atoms with Gasteiger partial charge in [-0.1, -0.05) is 0 Å². The van der Waals surface area contributed by atoms with Gasteiger partial charge in [0, 0.05) is 19.2 Å². The second-order valence-electron chi connectivity index (χ2n) is 5.02. The van der Waals surface area contributed by atoms with Gasteiger partial charge in [0.05, 0.1) is 30.6 Å². The van der Waals surface area contributed by atoms with E-state index in [0.717, 1.165) is 24.5 Å². The maximum atomic E-state index is 9.19. The highest BCUT2D eigenvalue weighted by Crippen LogP contribution is 2.29. The summed E-state index contributed by atoms with van der Waals surface area (Å²) in [7, 11) is 1.63. The summed E-state index contributed by atoms with van der Waals surface area (Å²) in [5.41, 5.74) is 1.41. The normalized spacial score (nSPS) is 18.2. The molecule has 1 saturated heterocycles. The first kappa shape index (κ1) is 12.7. The van der Waals surface area contributed by atoms with Gasteiger partial charge in [0.1, 0.15) is 11.8 Å². The largest absolute Gasteiger partial charge is 0.497 e. The van der Waals surface area contributed by atoms with Crippen molar-refractivity contribution in [2.24, 2.45) is 0 Å². The van der Waals surface area contributed by atoms with Crippen molar-refractivity contribution < 1.29 is 9.47 Å². The molecule has 0 unspecified atom stereocenters. The Balaban J connectivity index is 2.34. The van der Waals surface area contributed by atoms with E-state index < -0.39 is 0 Å². The minimum Gasteiger partial charge on any atom is -0.497 e. The maximum Gasteiger partial charge on any atom is 0.121 e. The van der Waals surface area contributed by atoms with Crippen molar-refractivity contribution in [3.8, 4) is 11.8 Å². The molecule has 0 aromatic heterocycles. The number of nitrogens with zero attached hydrogens (tertiary/aromatic N) is 2. The van der Waals surface area contributed by atoms with Crippen molar-refractivity contribution >= 4 is 5.69 Å². The molecule has 0 amide bonds. The molecular weight excluding hydrogens is 228 g/mol. The van der Waals surface area contributed by atoms with Crippen molar-refractivity contribution in [1.29, 1.82) is 5.26 Å². The van der Waals surface area contributed by atoms with Crippen LogP contribution >= 0.6 is 0 Å². The SMILES string of the molecule is COc1ccc(C#N)c(N2CCOC(C)(C)C2)c1. The van der Waals surface area contributed by atoms with Crippen LogP contribution in [0, 0.1) is 11.3 Å². The number of rotatable bonds is 2. The molecule has 0 bridgehead atoms. The van der Waals surface area contributed by atoms with Crippen LogP contribution in [0.3, 0.4) is 0 Å². The van der Waals surface area contributed by atoms with Gasteiger partial charge in [-0.2, -0.15) is 5.26 Å². The third-order valence-electron chi connectivity index (χ3n) is 3.09. The van der Waals surface area contributed by atoms with E-state index in [1.54, 1.807) is 13.2 Å². The van der Waals surface area contributed by atoms with Crippen LogP contribution in [0.5, 0.6) is 5.75 Å². The Hall–Kier alpha value is -1.73. The topological polar surface area (TPSA) is 45.5 Å². The third-order valence-corrected chi connectivity index (χ3v) is 3.09. The molecule has 4 heteroatoms. The number of benzene rings is 1. The summed E-state index contributed by atoms with van der Waals surface area (Å²) < 4.78 is 10.9. The lowest BCUT2D eigenvalue weighted by atomic mass is 10.1. The maximum absolute atomic E-state index is 9.19. The van der Waals surface area contributed by atoms with E-state index >= 15 is 0 Å². The van der Waals surface area contributed by atoms with Crippen LogP contribution in [-0.4, -0.2) is 32.4 Å². The van der Waals surface area contributed by atoms with Gasteiger partial charge in [0.2, 0.25) is 0 Å². The molecule has 0 spiro atoms. The molecule has 1 aliphatic rings. The molecule has 4 nitrogen and oxygen atoms in total. The lowest BCUT2D eigenvalue weighted by molar-refractivity contribution is -0.0277. The number of hydrogen-bond acceptors (Lipinski definition) is 4. The van der Waals surface area contributed by atoms with Crippen LogP contribution in [0.15, 0.2) is 18.2 Å². The van der Waals surface area contributed by atoms with Crippen LogP contribution in [-0.2, 0) is 4.74 Å². The molecule has 0 saturated carbocycles. The summed E-state index contributed by atoms with van der Waals surface area (Å²) in [5.74, 6) is 0.772. The Bertz CT molecular complexity index is 477. The van der Waals surface area contributed by atoms with E-state index in [-0.39, 0.29) is 5.60 Å². The van der Waals surface area contributed by atoms with Gasteiger partial charge in [-0.05, 0) is 26.0 Å². The summed E-state index contributed by atoms with van der Waals surface area (Å²) >= 11 is 0. The molecule has 1 heterocycles. The molecule has 0 atom stereocenters. The first-order chi connectivity index (χ1) is 8.55. The van der Waals surface area contributed by atoms with Gasteiger partial charge in [0.25, 0.3) is 0 Å². The van der Waals surface area contributed by atoms with Crippen molar-refractivity contribution in [1.82, 2.24) is 0 Å². The molecule has 1 aromatic rings. The quantitative estimate of drug-likeness (QED) is 0.802. The number of anilines is 1. The summed E-state index contributed by atoms with van der Waals surface area (Å²) in [4.78, 5) is 2.19. The first-order valence-corrected chi connectivity index (χ1v) is 6.03. The molecule has 1 aromatic carbocycles. The molecule has 0 N–H and O–H groups in total. The minimum absolute atomic E-state index is 0.186. The van der Waals surface area contributed by atoms with Crippen molar-refractivity contribution in [2.45, 2.75) is 19.4 Å². The number of nitriles is 1. The molecule has 96 valence electrons. The van der Waals surface area contributed by atoms with Gasteiger partial charge < -0.3 is 14.4 Å². The van der Waals surface area contributed by atoms with Gasteiger partial charge in [-0.3, -0.25) is 0 Å². The zero-order valence-electron chi connectivity index (χ0n) is 11.1. The van der Waals surface area contributed by atoms with Crippen LogP contribution < -0.4 is 9.64 Å². The third kappa shape index (κ3) is 2.57. The Morgan fingerprint density at radius 1 is 1.44 bits per heavy atom. The molecule has 0 radical (unpaired) electrons. The Labute approximate surface area is 108 Å². The van der Waals surface area contributed by atoms with Crippen LogP contribution in [0.25, 0.3) is 0 Å². The van der Waals surface area contributed by atoms with Crippen LogP contribution in [0.1, 0.15) is 19.4 Å². The van der Waals surface area contributed by atoms with Crippen molar-refractivity contribution in [2.75, 3.05) is 31.7 Å². The van der Waals surface area contributed by atoms with E-state index in [2.05, 4.69) is 24.8 Å². The Morgan fingerprint density at radius 3 is 2.83 bits per heavy atom. The van der Waals surface area contributed by atoms with E-state index in [1.807, 2.05) is 12.1 Å². The highest BCUT2D eigenvalue weighted by atomic mass is 16.5. The summed E-state index contributed by atoms with van der Waals surface area (Å²) in [6.07, 6.45) is 0. The zero-order valence-corrected chi connectivity index (χ0v) is 11.1. The fourth-order valence-corrected chi connectivity index (χ4v) is 2.22. The molecule has 18 heavy (non-hydrogen) atoms. The molecule has 1 aliphatic heterocycles. The van der Waals surface area contributed by atoms with Gasteiger partial charge in [-0.25, -0.2) is 0 Å². The summed E-state index contributed by atoms with van der Waals surface area (Å²) in [6, 6.07) is 7.77. The fourth-order valence-electron chi connectivity index (χ4n) is 2.22. The van der Waals surface area contributed by atoms with Crippen molar-refractivity contribution in [3.63, 3.8) is 0 Å². The van der Waals surface area contributed by atoms with E-state index in [4.69, 9.17) is 9.47 Å². The highest BCUT2D eigenvalue weighted by molar-refractivity contribution is 5.62. The zero-order chi connectivity index (χ0) is 13.2. The fraction of sp³-hybridized carbons (Fsp3) is 0.500. The first-order valence-electron chi connectivity index (χ1n) is 6.03. The number of ether oxygens (including phenoxy) is 2.